The summed E-state index contributed by atoms with van der Waals surface area (Å²) in [5.74, 6) is -0.506. The van der Waals surface area contributed by atoms with E-state index in [4.69, 9.17) is 9.88 Å². The van der Waals surface area contributed by atoms with E-state index in [1.165, 1.54) is 44.4 Å². The van der Waals surface area contributed by atoms with Crippen LogP contribution in [-0.2, 0) is 10.0 Å². The highest BCUT2D eigenvalue weighted by atomic mass is 32.2. The van der Waals surface area contributed by atoms with Crippen molar-refractivity contribution in [3.8, 4) is 5.75 Å². The molecule has 27 heavy (non-hydrogen) atoms. The summed E-state index contributed by atoms with van der Waals surface area (Å²) in [5.41, 5.74) is 1.44. The number of primary sulfonamides is 1. The van der Waals surface area contributed by atoms with Gasteiger partial charge in [-0.15, -0.1) is 0 Å². The van der Waals surface area contributed by atoms with Gasteiger partial charge in [-0.2, -0.15) is 0 Å². The fourth-order valence-electron chi connectivity index (χ4n) is 2.60. The van der Waals surface area contributed by atoms with Crippen molar-refractivity contribution in [3.63, 3.8) is 0 Å². The summed E-state index contributed by atoms with van der Waals surface area (Å²) in [7, 11) is -2.44. The first-order chi connectivity index (χ1) is 12.7. The van der Waals surface area contributed by atoms with Crippen molar-refractivity contribution < 1.29 is 22.3 Å². The molecule has 5 nitrogen and oxygen atoms in total. The minimum atomic E-state index is -3.87. The lowest BCUT2D eigenvalue weighted by Gasteiger charge is -2.15. The second-order valence-electron chi connectivity index (χ2n) is 5.83. The van der Waals surface area contributed by atoms with E-state index in [0.29, 0.717) is 22.4 Å². The van der Waals surface area contributed by atoms with Crippen LogP contribution in [0.15, 0.2) is 59.3 Å². The summed E-state index contributed by atoms with van der Waals surface area (Å²) in [6, 6.07) is 3.17. The van der Waals surface area contributed by atoms with Gasteiger partial charge >= 0.3 is 0 Å². The topological polar surface area (TPSA) is 86.5 Å². The Balaban J connectivity index is 2.68. The third-order valence-corrected chi connectivity index (χ3v) is 5.07. The van der Waals surface area contributed by atoms with E-state index in [1.807, 2.05) is 0 Å². The summed E-state index contributed by atoms with van der Waals surface area (Å²) in [4.78, 5) is 13.0. The highest BCUT2D eigenvalue weighted by molar-refractivity contribution is 7.93. The fraction of sp³-hybridized carbons (Fsp3) is 0.150. The number of ether oxygens (including phenoxy) is 1. The zero-order valence-electron chi connectivity index (χ0n) is 15.0. The molecule has 0 atom stereocenters. The molecule has 2 rings (SSSR count). The van der Waals surface area contributed by atoms with Crippen molar-refractivity contribution in [2.75, 3.05) is 7.11 Å². The van der Waals surface area contributed by atoms with Crippen LogP contribution >= 0.6 is 0 Å². The molecule has 0 radical (unpaired) electrons. The van der Waals surface area contributed by atoms with E-state index in [9.17, 15) is 17.6 Å². The Labute approximate surface area is 158 Å². The van der Waals surface area contributed by atoms with Crippen LogP contribution < -0.4 is 9.88 Å². The van der Waals surface area contributed by atoms with Crippen molar-refractivity contribution in [1.29, 1.82) is 0 Å². The van der Waals surface area contributed by atoms with Gasteiger partial charge in [0.25, 0.3) is 0 Å². The SMILES string of the molecule is C=Cc1c(/C=C(\C)S(N)(=O)=O)ccc(OC)c1C(=O)C1=CC=C(F)C=CC1. The first-order valence-corrected chi connectivity index (χ1v) is 9.55. The molecule has 0 amide bonds. The standard InChI is InChI=1S/C20H20FNO4S/c1-4-17-15(12-13(2)27(22,24)25)9-11-18(26-3)19(17)20(23)14-6-5-7-16(21)10-8-14/h4-5,7-12H,1,6H2,2-3H3,(H2,22,24,25)/b13-12+. The van der Waals surface area contributed by atoms with E-state index in [-0.39, 0.29) is 22.7 Å². The maximum absolute atomic E-state index is 13.4. The number of nitrogens with two attached hydrogens (primary N) is 1. The van der Waals surface area contributed by atoms with Crippen molar-refractivity contribution in [2.45, 2.75) is 13.3 Å². The molecule has 0 spiro atoms. The quantitative estimate of drug-likeness (QED) is 0.748. The first kappa shape index (κ1) is 20.5. The van der Waals surface area contributed by atoms with Gasteiger partial charge in [0.1, 0.15) is 11.6 Å². The van der Waals surface area contributed by atoms with Gasteiger partial charge in [-0.1, -0.05) is 30.9 Å². The number of Topliss-reactive ketones (excluding diaryl/α,β-unsaturated/α-hetero) is 1. The predicted molar refractivity (Wildman–Crippen MR) is 105 cm³/mol. The maximum atomic E-state index is 13.4. The highest BCUT2D eigenvalue weighted by Gasteiger charge is 2.22. The van der Waals surface area contributed by atoms with Crippen LogP contribution in [0.1, 0.15) is 34.8 Å². The first-order valence-electron chi connectivity index (χ1n) is 8.01. The summed E-state index contributed by atoms with van der Waals surface area (Å²) in [5, 5.41) is 5.15. The molecule has 0 fully saturated rings. The number of rotatable bonds is 6. The number of allylic oxidation sites excluding steroid dienone is 7. The van der Waals surface area contributed by atoms with Gasteiger partial charge in [0.05, 0.1) is 17.6 Å². The molecular weight excluding hydrogens is 369 g/mol. The van der Waals surface area contributed by atoms with Gasteiger partial charge in [0.2, 0.25) is 10.0 Å². The van der Waals surface area contributed by atoms with Crippen LogP contribution in [0, 0.1) is 0 Å². The second kappa shape index (κ2) is 8.28. The van der Waals surface area contributed by atoms with Crippen molar-refractivity contribution in [3.05, 3.63) is 76.0 Å². The Hall–Kier alpha value is -2.77. The molecule has 1 aromatic rings. The Bertz CT molecular complexity index is 1010. The lowest BCUT2D eigenvalue weighted by atomic mass is 9.92. The van der Waals surface area contributed by atoms with Gasteiger partial charge in [0, 0.05) is 5.57 Å². The highest BCUT2D eigenvalue weighted by Crippen LogP contribution is 2.32. The molecule has 142 valence electrons. The molecule has 1 aromatic carbocycles. The van der Waals surface area contributed by atoms with Crippen molar-refractivity contribution in [1.82, 2.24) is 0 Å². The molecule has 0 unspecified atom stereocenters. The number of hydrogen-bond acceptors (Lipinski definition) is 4. The van der Waals surface area contributed by atoms with E-state index in [1.54, 1.807) is 18.2 Å². The Morgan fingerprint density at radius 3 is 2.63 bits per heavy atom. The molecule has 1 aliphatic carbocycles. The molecule has 0 saturated carbocycles. The van der Waals surface area contributed by atoms with E-state index < -0.39 is 15.9 Å². The molecule has 0 heterocycles. The molecule has 7 heteroatoms. The lowest BCUT2D eigenvalue weighted by Crippen LogP contribution is -2.13. The normalized spacial score (nSPS) is 14.9. The van der Waals surface area contributed by atoms with Crippen LogP contribution in [0.2, 0.25) is 0 Å². The van der Waals surface area contributed by atoms with Gasteiger partial charge in [0.15, 0.2) is 5.78 Å². The van der Waals surface area contributed by atoms with Crippen molar-refractivity contribution in [2.24, 2.45) is 5.14 Å². The summed E-state index contributed by atoms with van der Waals surface area (Å²) >= 11 is 0. The zero-order valence-corrected chi connectivity index (χ0v) is 15.8. The summed E-state index contributed by atoms with van der Waals surface area (Å²) < 4.78 is 41.8. The number of sulfonamides is 1. The predicted octanol–water partition coefficient (Wildman–Crippen LogP) is 3.91. The van der Waals surface area contributed by atoms with Crippen LogP contribution in [0.25, 0.3) is 12.2 Å². The van der Waals surface area contributed by atoms with Gasteiger partial charge < -0.3 is 4.74 Å². The number of methoxy groups -OCH3 is 1. The van der Waals surface area contributed by atoms with E-state index >= 15 is 0 Å². The third-order valence-electron chi connectivity index (χ3n) is 4.05. The number of benzene rings is 1. The third kappa shape index (κ3) is 4.69. The summed E-state index contributed by atoms with van der Waals surface area (Å²) in [6.45, 7) is 5.09. The average molecular weight is 389 g/mol. The molecular formula is C20H20FNO4S. The number of carbonyl (C=O) groups is 1. The zero-order chi connectivity index (χ0) is 20.2. The van der Waals surface area contributed by atoms with Crippen LogP contribution in [-0.4, -0.2) is 21.3 Å². The largest absolute Gasteiger partial charge is 0.496 e. The van der Waals surface area contributed by atoms with Crippen molar-refractivity contribution >= 4 is 28.0 Å². The summed E-state index contributed by atoms with van der Waals surface area (Å²) in [6.07, 6.45) is 8.53. The maximum Gasteiger partial charge on any atom is 0.233 e. The van der Waals surface area contributed by atoms with Gasteiger partial charge in [-0.3, -0.25) is 4.79 Å². The lowest BCUT2D eigenvalue weighted by molar-refractivity contribution is 0.102. The Kier molecular flexibility index (Phi) is 6.30. The number of hydrogen-bond donors (Lipinski definition) is 1. The molecule has 0 aliphatic heterocycles. The minimum absolute atomic E-state index is 0.0595. The monoisotopic (exact) mass is 389 g/mol. The van der Waals surface area contributed by atoms with Gasteiger partial charge in [-0.25, -0.2) is 17.9 Å². The fourth-order valence-corrected chi connectivity index (χ4v) is 2.89. The minimum Gasteiger partial charge on any atom is -0.496 e. The number of ketones is 1. The smallest absolute Gasteiger partial charge is 0.233 e. The number of carbonyl (C=O) groups excluding carboxylic acids is 1. The van der Waals surface area contributed by atoms with Crippen LogP contribution in [0.3, 0.4) is 0 Å². The second-order valence-corrected chi connectivity index (χ2v) is 7.56. The number of halogens is 1. The van der Waals surface area contributed by atoms with E-state index in [0.717, 1.165) is 0 Å². The molecule has 0 bridgehead atoms. The van der Waals surface area contributed by atoms with Crippen LogP contribution in [0.4, 0.5) is 4.39 Å². The molecule has 0 saturated heterocycles. The molecule has 2 N–H and O–H groups in total. The molecule has 1 aliphatic rings. The van der Waals surface area contributed by atoms with Gasteiger partial charge in [-0.05, 0) is 48.8 Å². The Morgan fingerprint density at radius 2 is 2.04 bits per heavy atom. The van der Waals surface area contributed by atoms with Crippen LogP contribution in [0.5, 0.6) is 5.75 Å². The average Bonchev–Trinajstić information content (AvgIpc) is 2.84. The van der Waals surface area contributed by atoms with E-state index in [2.05, 4.69) is 6.58 Å². The Morgan fingerprint density at radius 1 is 1.33 bits per heavy atom. The molecule has 0 aromatic heterocycles.